The Morgan fingerprint density at radius 3 is 1.81 bits per heavy atom. The van der Waals surface area contributed by atoms with Gasteiger partial charge in [0, 0.05) is 5.41 Å². The Morgan fingerprint density at radius 1 is 0.808 bits per heavy atom. The molecule has 0 nitrogen and oxygen atoms in total. The summed E-state index contributed by atoms with van der Waals surface area (Å²) in [7, 11) is 0. The summed E-state index contributed by atoms with van der Waals surface area (Å²) >= 11 is 0. The maximum Gasteiger partial charge on any atom is 0.0203 e. The highest BCUT2D eigenvalue weighted by atomic mass is 14.4. The van der Waals surface area contributed by atoms with Crippen molar-refractivity contribution in [1.29, 1.82) is 0 Å². The number of benzene rings is 2. The zero-order chi connectivity index (χ0) is 18.4. The molecule has 0 N–H and O–H groups in total. The van der Waals surface area contributed by atoms with E-state index in [1.807, 2.05) is 0 Å². The Kier molecular flexibility index (Phi) is 6.57. The van der Waals surface area contributed by atoms with Crippen molar-refractivity contribution in [2.45, 2.75) is 84.0 Å². The zero-order valence-electron chi connectivity index (χ0n) is 17.1. The second-order valence-electron chi connectivity index (χ2n) is 8.28. The second kappa shape index (κ2) is 8.89. The summed E-state index contributed by atoms with van der Waals surface area (Å²) in [6, 6.07) is 18.9. The van der Waals surface area contributed by atoms with Crippen LogP contribution in [-0.4, -0.2) is 0 Å². The molecule has 26 heavy (non-hydrogen) atoms. The van der Waals surface area contributed by atoms with Crippen LogP contribution in [0.25, 0.3) is 0 Å². The lowest BCUT2D eigenvalue weighted by atomic mass is 9.62. The van der Waals surface area contributed by atoms with E-state index < -0.39 is 0 Å². The first-order valence-corrected chi connectivity index (χ1v) is 10.9. The molecule has 0 saturated heterocycles. The van der Waals surface area contributed by atoms with Gasteiger partial charge in [-0.2, -0.15) is 0 Å². The number of hydrogen-bond acceptors (Lipinski definition) is 0. The molecule has 0 bridgehead atoms. The van der Waals surface area contributed by atoms with Crippen LogP contribution in [0.15, 0.2) is 48.5 Å². The molecular weight excluding hydrogens is 312 g/mol. The maximum absolute atomic E-state index is 2.49. The van der Waals surface area contributed by atoms with E-state index in [-0.39, 0.29) is 5.41 Å². The van der Waals surface area contributed by atoms with Gasteiger partial charge in [0.05, 0.1) is 0 Å². The largest absolute Gasteiger partial charge is 0.0654 e. The Morgan fingerprint density at radius 2 is 1.35 bits per heavy atom. The normalized spacial score (nSPS) is 17.3. The van der Waals surface area contributed by atoms with Crippen molar-refractivity contribution < 1.29 is 0 Å². The summed E-state index contributed by atoms with van der Waals surface area (Å²) in [5, 5.41) is 0. The summed E-state index contributed by atoms with van der Waals surface area (Å²) in [5.74, 6) is 0.937. The molecule has 1 aliphatic carbocycles. The van der Waals surface area contributed by atoms with E-state index in [9.17, 15) is 0 Å². The molecular formula is C26H36. The molecule has 3 rings (SSSR count). The Bertz CT molecular complexity index is 639. The number of unbranched alkanes of at least 4 members (excludes halogenated alkanes) is 1. The SMILES string of the molecule is CCCCC1CCC(c2cccc(CC)c2)(c2cccc(CC)c2)CC1. The molecule has 0 spiro atoms. The van der Waals surface area contributed by atoms with Gasteiger partial charge in [0.25, 0.3) is 0 Å². The van der Waals surface area contributed by atoms with E-state index in [0.29, 0.717) is 0 Å². The Hall–Kier alpha value is -1.56. The Balaban J connectivity index is 1.96. The van der Waals surface area contributed by atoms with Crippen molar-refractivity contribution in [2.75, 3.05) is 0 Å². The predicted molar refractivity (Wildman–Crippen MR) is 114 cm³/mol. The zero-order valence-corrected chi connectivity index (χ0v) is 17.1. The molecule has 0 atom stereocenters. The lowest BCUT2D eigenvalue weighted by molar-refractivity contribution is 0.251. The predicted octanol–water partition coefficient (Wildman–Crippen LogP) is 7.48. The summed E-state index contributed by atoms with van der Waals surface area (Å²) < 4.78 is 0. The van der Waals surface area contributed by atoms with Crippen LogP contribution in [-0.2, 0) is 18.3 Å². The average molecular weight is 349 g/mol. The quantitative estimate of drug-likeness (QED) is 0.486. The molecule has 0 radical (unpaired) electrons. The molecule has 0 heteroatoms. The Labute approximate surface area is 161 Å². The molecule has 1 fully saturated rings. The van der Waals surface area contributed by atoms with Gasteiger partial charge in [0.1, 0.15) is 0 Å². The minimum absolute atomic E-state index is 0.221. The minimum Gasteiger partial charge on any atom is -0.0654 e. The van der Waals surface area contributed by atoms with E-state index in [1.165, 1.54) is 56.1 Å². The van der Waals surface area contributed by atoms with E-state index >= 15 is 0 Å². The molecule has 2 aromatic rings. The summed E-state index contributed by atoms with van der Waals surface area (Å²) in [4.78, 5) is 0. The smallest absolute Gasteiger partial charge is 0.0203 e. The lowest BCUT2D eigenvalue weighted by Crippen LogP contribution is -2.33. The molecule has 0 amide bonds. The van der Waals surface area contributed by atoms with Crippen molar-refractivity contribution in [3.63, 3.8) is 0 Å². The second-order valence-corrected chi connectivity index (χ2v) is 8.28. The fraction of sp³-hybridized carbons (Fsp3) is 0.538. The van der Waals surface area contributed by atoms with Crippen LogP contribution in [0.4, 0.5) is 0 Å². The minimum atomic E-state index is 0.221. The topological polar surface area (TPSA) is 0 Å². The summed E-state index contributed by atoms with van der Waals surface area (Å²) in [5.41, 5.74) is 6.28. The van der Waals surface area contributed by atoms with Gasteiger partial charge in [-0.25, -0.2) is 0 Å². The van der Waals surface area contributed by atoms with Gasteiger partial charge in [-0.1, -0.05) is 88.6 Å². The van der Waals surface area contributed by atoms with Crippen molar-refractivity contribution >= 4 is 0 Å². The third-order valence-electron chi connectivity index (χ3n) is 6.70. The summed E-state index contributed by atoms with van der Waals surface area (Å²) in [6.07, 6.45) is 11.8. The van der Waals surface area contributed by atoms with E-state index in [1.54, 1.807) is 11.1 Å². The van der Waals surface area contributed by atoms with Gasteiger partial charge in [0.15, 0.2) is 0 Å². The van der Waals surface area contributed by atoms with E-state index in [4.69, 9.17) is 0 Å². The van der Waals surface area contributed by atoms with Crippen molar-refractivity contribution in [1.82, 2.24) is 0 Å². The number of aryl methyl sites for hydroxylation is 2. The van der Waals surface area contributed by atoms with Crippen LogP contribution in [0.2, 0.25) is 0 Å². The van der Waals surface area contributed by atoms with Crippen LogP contribution >= 0.6 is 0 Å². The first-order valence-electron chi connectivity index (χ1n) is 10.9. The molecule has 1 aliphatic rings. The van der Waals surface area contributed by atoms with Gasteiger partial charge >= 0.3 is 0 Å². The highest BCUT2D eigenvalue weighted by Gasteiger charge is 2.38. The van der Waals surface area contributed by atoms with Gasteiger partial charge in [-0.05, 0) is 66.7 Å². The molecule has 140 valence electrons. The first-order chi connectivity index (χ1) is 12.7. The highest BCUT2D eigenvalue weighted by molar-refractivity contribution is 5.43. The molecule has 0 aliphatic heterocycles. The van der Waals surface area contributed by atoms with E-state index in [2.05, 4.69) is 69.3 Å². The fourth-order valence-corrected chi connectivity index (χ4v) is 4.87. The van der Waals surface area contributed by atoms with Crippen molar-refractivity contribution in [3.8, 4) is 0 Å². The van der Waals surface area contributed by atoms with Crippen molar-refractivity contribution in [2.24, 2.45) is 5.92 Å². The molecule has 1 saturated carbocycles. The van der Waals surface area contributed by atoms with Crippen molar-refractivity contribution in [3.05, 3.63) is 70.8 Å². The van der Waals surface area contributed by atoms with Crippen LogP contribution in [0.5, 0.6) is 0 Å². The summed E-state index contributed by atoms with van der Waals surface area (Å²) in [6.45, 7) is 6.86. The molecule has 0 unspecified atom stereocenters. The first kappa shape index (κ1) is 19.2. The van der Waals surface area contributed by atoms with Gasteiger partial charge < -0.3 is 0 Å². The molecule has 0 aromatic heterocycles. The molecule has 0 heterocycles. The lowest BCUT2D eigenvalue weighted by Gasteiger charge is -2.42. The number of hydrogen-bond donors (Lipinski definition) is 0. The van der Waals surface area contributed by atoms with Crippen LogP contribution in [0, 0.1) is 5.92 Å². The molecule has 2 aromatic carbocycles. The van der Waals surface area contributed by atoms with Gasteiger partial charge in [-0.3, -0.25) is 0 Å². The van der Waals surface area contributed by atoms with Crippen LogP contribution in [0.3, 0.4) is 0 Å². The van der Waals surface area contributed by atoms with Gasteiger partial charge in [0.2, 0.25) is 0 Å². The van der Waals surface area contributed by atoms with Crippen LogP contribution < -0.4 is 0 Å². The van der Waals surface area contributed by atoms with Gasteiger partial charge in [-0.15, -0.1) is 0 Å². The monoisotopic (exact) mass is 348 g/mol. The standard InChI is InChI=1S/C26H36/c1-4-7-10-23-15-17-26(18-16-23,24-13-8-11-21(5-2)19-24)25-14-9-12-22(6-3)20-25/h8-9,11-14,19-20,23H,4-7,10,15-18H2,1-3H3. The highest BCUT2D eigenvalue weighted by Crippen LogP contribution is 2.47. The maximum atomic E-state index is 2.49. The third kappa shape index (κ3) is 4.05. The van der Waals surface area contributed by atoms with Crippen LogP contribution in [0.1, 0.15) is 88.0 Å². The van der Waals surface area contributed by atoms with E-state index in [0.717, 1.165) is 18.8 Å². The fourth-order valence-electron chi connectivity index (χ4n) is 4.87. The third-order valence-corrected chi connectivity index (χ3v) is 6.70. The number of rotatable bonds is 7. The average Bonchev–Trinajstić information content (AvgIpc) is 2.72.